The fourth-order valence-corrected chi connectivity index (χ4v) is 2.30. The Kier molecular flexibility index (Phi) is 3.09. The molecule has 3 aromatic rings. The van der Waals surface area contributed by atoms with Crippen molar-refractivity contribution in [3.8, 4) is 0 Å². The summed E-state index contributed by atoms with van der Waals surface area (Å²) in [6, 6.07) is 12.3. The van der Waals surface area contributed by atoms with Gasteiger partial charge in [0.15, 0.2) is 0 Å². The molecular weight excluding hydrogens is 238 g/mol. The van der Waals surface area contributed by atoms with E-state index in [1.807, 2.05) is 49.2 Å². The smallest absolute Gasteiger partial charge is 0.134 e. The molecule has 0 fully saturated rings. The molecule has 2 heterocycles. The molecule has 0 saturated carbocycles. The number of likely N-dealkylation sites (N-methyl/N-ethyl adjacent to an activating group) is 1. The number of fused-ring (bicyclic) bond motifs is 1. The summed E-state index contributed by atoms with van der Waals surface area (Å²) >= 11 is 0. The zero-order chi connectivity index (χ0) is 13.2. The van der Waals surface area contributed by atoms with Gasteiger partial charge in [0, 0.05) is 25.1 Å². The lowest BCUT2D eigenvalue weighted by Crippen LogP contribution is -2.18. The molecule has 1 aromatic carbocycles. The van der Waals surface area contributed by atoms with E-state index in [2.05, 4.69) is 22.5 Å². The molecule has 2 aromatic heterocycles. The van der Waals surface area contributed by atoms with Gasteiger partial charge in [0.2, 0.25) is 0 Å². The highest BCUT2D eigenvalue weighted by molar-refractivity contribution is 5.77. The number of nitrogens with one attached hydrogen (secondary N) is 1. The van der Waals surface area contributed by atoms with Crippen molar-refractivity contribution in [3.63, 3.8) is 0 Å². The second kappa shape index (κ2) is 4.90. The van der Waals surface area contributed by atoms with Gasteiger partial charge >= 0.3 is 0 Å². The molecule has 0 radical (unpaired) electrons. The van der Waals surface area contributed by atoms with E-state index in [-0.39, 0.29) is 6.04 Å². The van der Waals surface area contributed by atoms with Crippen molar-refractivity contribution >= 4 is 11.0 Å². The average Bonchev–Trinajstić information content (AvgIpc) is 3.01. The first-order valence-corrected chi connectivity index (χ1v) is 6.40. The van der Waals surface area contributed by atoms with Gasteiger partial charge in [0.05, 0.1) is 11.7 Å². The Bertz CT molecular complexity index is 650. The van der Waals surface area contributed by atoms with E-state index < -0.39 is 0 Å². The van der Waals surface area contributed by atoms with Gasteiger partial charge in [-0.05, 0) is 25.2 Å². The van der Waals surface area contributed by atoms with Crippen LogP contribution in [0.4, 0.5) is 0 Å². The van der Waals surface area contributed by atoms with Crippen LogP contribution in [0.25, 0.3) is 11.0 Å². The molecule has 0 saturated heterocycles. The summed E-state index contributed by atoms with van der Waals surface area (Å²) in [7, 11) is 3.87. The van der Waals surface area contributed by atoms with E-state index in [0.717, 1.165) is 28.8 Å². The summed E-state index contributed by atoms with van der Waals surface area (Å²) in [4.78, 5) is 0. The number of furan rings is 1. The van der Waals surface area contributed by atoms with Crippen LogP contribution in [-0.4, -0.2) is 16.8 Å². The Morgan fingerprint density at radius 3 is 2.84 bits per heavy atom. The standard InChI is InChI=1S/C15H17N3O/c1-16-13(10-12-7-8-18(2)17-12)15-9-11-5-3-4-6-14(11)19-15/h3-9,13,16H,10H2,1-2H3. The molecule has 0 spiro atoms. The lowest BCUT2D eigenvalue weighted by atomic mass is 10.1. The molecule has 0 bridgehead atoms. The van der Waals surface area contributed by atoms with Crippen LogP contribution in [0.1, 0.15) is 17.5 Å². The van der Waals surface area contributed by atoms with Crippen LogP contribution in [0.5, 0.6) is 0 Å². The number of aromatic nitrogens is 2. The fraction of sp³-hybridized carbons (Fsp3) is 0.267. The van der Waals surface area contributed by atoms with Crippen molar-refractivity contribution in [2.75, 3.05) is 7.05 Å². The van der Waals surface area contributed by atoms with Crippen LogP contribution < -0.4 is 5.32 Å². The van der Waals surface area contributed by atoms with E-state index in [1.165, 1.54) is 0 Å². The Morgan fingerprint density at radius 1 is 1.32 bits per heavy atom. The topological polar surface area (TPSA) is 43.0 Å². The fourth-order valence-electron chi connectivity index (χ4n) is 2.30. The van der Waals surface area contributed by atoms with Gasteiger partial charge in [-0.1, -0.05) is 18.2 Å². The number of rotatable bonds is 4. The number of benzene rings is 1. The Balaban J connectivity index is 1.88. The maximum atomic E-state index is 5.90. The van der Waals surface area contributed by atoms with Crippen molar-refractivity contribution in [1.82, 2.24) is 15.1 Å². The normalized spacial score (nSPS) is 12.9. The van der Waals surface area contributed by atoms with Gasteiger partial charge < -0.3 is 9.73 Å². The van der Waals surface area contributed by atoms with Crippen LogP contribution in [0, 0.1) is 0 Å². The highest BCUT2D eigenvalue weighted by Crippen LogP contribution is 2.25. The van der Waals surface area contributed by atoms with Crippen LogP contribution in [-0.2, 0) is 13.5 Å². The minimum atomic E-state index is 0.141. The molecule has 0 aliphatic carbocycles. The predicted octanol–water partition coefficient (Wildman–Crippen LogP) is 2.67. The summed E-state index contributed by atoms with van der Waals surface area (Å²) in [6.45, 7) is 0. The second-order valence-corrected chi connectivity index (χ2v) is 4.71. The molecule has 1 atom stereocenters. The van der Waals surface area contributed by atoms with Crippen molar-refractivity contribution < 1.29 is 4.42 Å². The third kappa shape index (κ3) is 2.39. The van der Waals surface area contributed by atoms with Crippen LogP contribution in [0.15, 0.2) is 47.0 Å². The maximum Gasteiger partial charge on any atom is 0.134 e. The largest absolute Gasteiger partial charge is 0.459 e. The van der Waals surface area contributed by atoms with Crippen LogP contribution in [0.3, 0.4) is 0 Å². The second-order valence-electron chi connectivity index (χ2n) is 4.71. The van der Waals surface area contributed by atoms with E-state index in [0.29, 0.717) is 0 Å². The molecule has 19 heavy (non-hydrogen) atoms. The molecule has 3 rings (SSSR count). The summed E-state index contributed by atoms with van der Waals surface area (Å²) in [5, 5.41) is 8.84. The zero-order valence-corrected chi connectivity index (χ0v) is 11.1. The van der Waals surface area contributed by atoms with E-state index in [1.54, 1.807) is 0 Å². The monoisotopic (exact) mass is 255 g/mol. The number of para-hydroxylation sites is 1. The van der Waals surface area contributed by atoms with Crippen molar-refractivity contribution in [2.45, 2.75) is 12.5 Å². The van der Waals surface area contributed by atoms with Crippen molar-refractivity contribution in [3.05, 3.63) is 54.0 Å². The van der Waals surface area contributed by atoms with Gasteiger partial charge in [-0.15, -0.1) is 0 Å². The minimum Gasteiger partial charge on any atom is -0.459 e. The number of hydrogen-bond acceptors (Lipinski definition) is 3. The molecule has 4 nitrogen and oxygen atoms in total. The lowest BCUT2D eigenvalue weighted by Gasteiger charge is -2.11. The van der Waals surface area contributed by atoms with E-state index in [9.17, 15) is 0 Å². The number of hydrogen-bond donors (Lipinski definition) is 1. The highest BCUT2D eigenvalue weighted by Gasteiger charge is 2.16. The van der Waals surface area contributed by atoms with Gasteiger partial charge in [-0.25, -0.2) is 0 Å². The molecule has 1 N–H and O–H groups in total. The predicted molar refractivity (Wildman–Crippen MR) is 74.9 cm³/mol. The average molecular weight is 255 g/mol. The molecule has 0 aliphatic rings. The Hall–Kier alpha value is -2.07. The van der Waals surface area contributed by atoms with Crippen molar-refractivity contribution in [2.24, 2.45) is 7.05 Å². The van der Waals surface area contributed by atoms with Gasteiger partial charge in [0.25, 0.3) is 0 Å². The zero-order valence-electron chi connectivity index (χ0n) is 11.1. The van der Waals surface area contributed by atoms with Crippen LogP contribution >= 0.6 is 0 Å². The third-order valence-electron chi connectivity index (χ3n) is 3.32. The number of nitrogens with zero attached hydrogens (tertiary/aromatic N) is 2. The Labute approximate surface area is 112 Å². The maximum absolute atomic E-state index is 5.90. The first kappa shape index (κ1) is 12.0. The first-order chi connectivity index (χ1) is 9.26. The minimum absolute atomic E-state index is 0.141. The van der Waals surface area contributed by atoms with Gasteiger partial charge in [0.1, 0.15) is 11.3 Å². The quantitative estimate of drug-likeness (QED) is 0.779. The van der Waals surface area contributed by atoms with E-state index in [4.69, 9.17) is 4.42 Å². The third-order valence-corrected chi connectivity index (χ3v) is 3.32. The molecule has 0 amide bonds. The molecule has 98 valence electrons. The summed E-state index contributed by atoms with van der Waals surface area (Å²) in [5.41, 5.74) is 1.99. The van der Waals surface area contributed by atoms with Crippen LogP contribution in [0.2, 0.25) is 0 Å². The summed E-state index contributed by atoms with van der Waals surface area (Å²) in [5.74, 6) is 0.953. The van der Waals surface area contributed by atoms with Gasteiger partial charge in [-0.3, -0.25) is 4.68 Å². The number of aryl methyl sites for hydroxylation is 1. The summed E-state index contributed by atoms with van der Waals surface area (Å²) < 4.78 is 7.72. The van der Waals surface area contributed by atoms with E-state index >= 15 is 0 Å². The highest BCUT2D eigenvalue weighted by atomic mass is 16.3. The molecule has 0 aliphatic heterocycles. The molecule has 4 heteroatoms. The first-order valence-electron chi connectivity index (χ1n) is 6.40. The molecular formula is C15H17N3O. The summed E-state index contributed by atoms with van der Waals surface area (Å²) in [6.07, 6.45) is 2.78. The molecule has 1 unspecified atom stereocenters. The van der Waals surface area contributed by atoms with Crippen molar-refractivity contribution in [1.29, 1.82) is 0 Å². The SMILES string of the molecule is CNC(Cc1ccn(C)n1)c1cc2ccccc2o1. The lowest BCUT2D eigenvalue weighted by molar-refractivity contribution is 0.447. The van der Waals surface area contributed by atoms with Gasteiger partial charge in [-0.2, -0.15) is 5.10 Å². The Morgan fingerprint density at radius 2 is 2.16 bits per heavy atom.